The van der Waals surface area contributed by atoms with Crippen molar-refractivity contribution in [2.45, 2.75) is 13.8 Å². The highest BCUT2D eigenvalue weighted by atomic mass is 79.9. The first kappa shape index (κ1) is 17.2. The summed E-state index contributed by atoms with van der Waals surface area (Å²) in [5.41, 5.74) is 2.61. The minimum Gasteiger partial charge on any atom is -0.492 e. The van der Waals surface area contributed by atoms with Gasteiger partial charge in [0.05, 0.1) is 26.6 Å². The molecular weight excluding hydrogens is 412 g/mol. The van der Waals surface area contributed by atoms with E-state index in [1.807, 2.05) is 48.5 Å². The topological polar surface area (TPSA) is 43.6 Å². The van der Waals surface area contributed by atoms with Crippen LogP contribution >= 0.6 is 27.3 Å². The van der Waals surface area contributed by atoms with Gasteiger partial charge in [0.15, 0.2) is 4.96 Å². The lowest BCUT2D eigenvalue weighted by atomic mass is 10.2. The number of nitrogens with zero attached hydrogens (tertiary/aromatic N) is 2. The van der Waals surface area contributed by atoms with Crippen LogP contribution < -0.4 is 14.8 Å². The normalized spacial score (nSPS) is 12.5. The molecule has 6 heteroatoms. The molecular formula is C20H17BrN2O2S. The largest absolute Gasteiger partial charge is 0.492 e. The van der Waals surface area contributed by atoms with Crippen molar-refractivity contribution in [3.05, 3.63) is 67.4 Å². The van der Waals surface area contributed by atoms with Crippen LogP contribution in [0.3, 0.4) is 0 Å². The minimum absolute atomic E-state index is 0.0324. The van der Waals surface area contributed by atoms with Gasteiger partial charge in [-0.2, -0.15) is 0 Å². The number of imidazole rings is 1. The molecule has 0 radical (unpaired) electrons. The van der Waals surface area contributed by atoms with Crippen molar-refractivity contribution in [3.8, 4) is 5.75 Å². The molecule has 2 aromatic heterocycles. The second-order valence-corrected chi connectivity index (χ2v) is 8.39. The van der Waals surface area contributed by atoms with Crippen LogP contribution in [-0.4, -0.2) is 16.0 Å². The quantitative estimate of drug-likeness (QED) is 0.487. The molecule has 4 rings (SSSR count). The van der Waals surface area contributed by atoms with Crippen LogP contribution in [-0.2, 0) is 0 Å². The predicted octanol–water partition coefficient (Wildman–Crippen LogP) is 4.25. The maximum atomic E-state index is 12.8. The van der Waals surface area contributed by atoms with Crippen molar-refractivity contribution in [2.75, 3.05) is 6.61 Å². The van der Waals surface area contributed by atoms with E-state index in [9.17, 15) is 4.79 Å². The zero-order chi connectivity index (χ0) is 18.3. The van der Waals surface area contributed by atoms with Gasteiger partial charge in [-0.1, -0.05) is 43.4 Å². The van der Waals surface area contributed by atoms with Crippen LogP contribution in [0.5, 0.6) is 5.75 Å². The number of hydrogen-bond acceptors (Lipinski definition) is 4. The number of hydrogen-bond donors (Lipinski definition) is 0. The molecule has 0 N–H and O–H groups in total. The van der Waals surface area contributed by atoms with Crippen molar-refractivity contribution in [1.29, 1.82) is 0 Å². The Hall–Kier alpha value is -2.18. The van der Waals surface area contributed by atoms with Gasteiger partial charge in [-0.05, 0) is 57.8 Å². The first-order valence-electron chi connectivity index (χ1n) is 8.37. The van der Waals surface area contributed by atoms with Crippen molar-refractivity contribution < 1.29 is 4.74 Å². The van der Waals surface area contributed by atoms with Gasteiger partial charge in [0.1, 0.15) is 5.75 Å². The number of aromatic nitrogens is 2. The van der Waals surface area contributed by atoms with E-state index in [0.29, 0.717) is 17.1 Å². The van der Waals surface area contributed by atoms with Crippen molar-refractivity contribution in [2.24, 2.45) is 5.92 Å². The van der Waals surface area contributed by atoms with E-state index in [2.05, 4.69) is 34.8 Å². The Bertz CT molecular complexity index is 1210. The Labute approximate surface area is 162 Å². The molecule has 0 aliphatic rings. The van der Waals surface area contributed by atoms with E-state index in [1.54, 1.807) is 4.40 Å². The lowest BCUT2D eigenvalue weighted by Gasteiger charge is -2.10. The van der Waals surface area contributed by atoms with E-state index in [0.717, 1.165) is 31.8 Å². The molecule has 2 aromatic carbocycles. The SMILES string of the molecule is CC(C)COc1ccc(/C=c2\sc3nc4ccccc4n3c2=O)cc1Br. The summed E-state index contributed by atoms with van der Waals surface area (Å²) in [5, 5.41) is 0. The third kappa shape index (κ3) is 3.15. The van der Waals surface area contributed by atoms with Crippen LogP contribution in [0.2, 0.25) is 0 Å². The average Bonchev–Trinajstić information content (AvgIpc) is 3.11. The van der Waals surface area contributed by atoms with Gasteiger partial charge in [0.2, 0.25) is 0 Å². The van der Waals surface area contributed by atoms with Crippen LogP contribution in [0, 0.1) is 5.92 Å². The molecule has 0 unspecified atom stereocenters. The predicted molar refractivity (Wildman–Crippen MR) is 110 cm³/mol. The number of halogens is 1. The Morgan fingerprint density at radius 2 is 2.08 bits per heavy atom. The summed E-state index contributed by atoms with van der Waals surface area (Å²) in [7, 11) is 0. The molecule has 2 heterocycles. The Balaban J connectivity index is 1.75. The van der Waals surface area contributed by atoms with Gasteiger partial charge < -0.3 is 4.74 Å². The summed E-state index contributed by atoms with van der Waals surface area (Å²) in [5.74, 6) is 1.28. The Morgan fingerprint density at radius 3 is 2.85 bits per heavy atom. The smallest absolute Gasteiger partial charge is 0.274 e. The van der Waals surface area contributed by atoms with Gasteiger partial charge in [-0.15, -0.1) is 0 Å². The number of para-hydroxylation sites is 2. The zero-order valence-corrected chi connectivity index (χ0v) is 16.8. The van der Waals surface area contributed by atoms with Crippen LogP contribution in [0.1, 0.15) is 19.4 Å². The highest BCUT2D eigenvalue weighted by Crippen LogP contribution is 2.27. The summed E-state index contributed by atoms with van der Waals surface area (Å²) in [6, 6.07) is 13.5. The van der Waals surface area contributed by atoms with E-state index in [1.165, 1.54) is 11.3 Å². The number of thiazole rings is 1. The molecule has 0 saturated carbocycles. The maximum absolute atomic E-state index is 12.8. The molecule has 0 bridgehead atoms. The second-order valence-electron chi connectivity index (χ2n) is 6.53. The highest BCUT2D eigenvalue weighted by molar-refractivity contribution is 9.10. The van der Waals surface area contributed by atoms with Gasteiger partial charge in [0, 0.05) is 0 Å². The minimum atomic E-state index is -0.0324. The van der Waals surface area contributed by atoms with Gasteiger partial charge in [-0.3, -0.25) is 4.79 Å². The zero-order valence-electron chi connectivity index (χ0n) is 14.4. The summed E-state index contributed by atoms with van der Waals surface area (Å²) < 4.78 is 9.01. The molecule has 0 amide bonds. The molecule has 4 nitrogen and oxygen atoms in total. The molecule has 0 saturated heterocycles. The van der Waals surface area contributed by atoms with Gasteiger partial charge >= 0.3 is 0 Å². The van der Waals surface area contributed by atoms with Crippen molar-refractivity contribution in [1.82, 2.24) is 9.38 Å². The first-order chi connectivity index (χ1) is 12.5. The summed E-state index contributed by atoms with van der Waals surface area (Å²) >= 11 is 4.96. The summed E-state index contributed by atoms with van der Waals surface area (Å²) in [6.07, 6.45) is 1.90. The second kappa shape index (κ2) is 6.85. The molecule has 0 fully saturated rings. The lowest BCUT2D eigenvalue weighted by Crippen LogP contribution is -2.22. The summed E-state index contributed by atoms with van der Waals surface area (Å²) in [6.45, 7) is 4.90. The standard InChI is InChI=1S/C20H17BrN2O2S/c1-12(2)11-25-17-8-7-13(9-14(17)21)10-18-19(24)23-16-6-4-3-5-15(16)22-20(23)26-18/h3-10,12H,11H2,1-2H3/b18-10-. The van der Waals surface area contributed by atoms with Crippen molar-refractivity contribution >= 4 is 49.3 Å². The number of rotatable bonds is 4. The number of fused-ring (bicyclic) bond motifs is 3. The highest BCUT2D eigenvalue weighted by Gasteiger charge is 2.10. The Morgan fingerprint density at radius 1 is 1.27 bits per heavy atom. The van der Waals surface area contributed by atoms with Crippen molar-refractivity contribution in [3.63, 3.8) is 0 Å². The molecule has 132 valence electrons. The lowest BCUT2D eigenvalue weighted by molar-refractivity contribution is 0.269. The average molecular weight is 429 g/mol. The first-order valence-corrected chi connectivity index (χ1v) is 9.98. The summed E-state index contributed by atoms with van der Waals surface area (Å²) in [4.78, 5) is 18.1. The Kier molecular flexibility index (Phi) is 4.54. The number of benzene rings is 2. The van der Waals surface area contributed by atoms with E-state index < -0.39 is 0 Å². The maximum Gasteiger partial charge on any atom is 0.274 e. The molecule has 4 aromatic rings. The third-order valence-corrected chi connectivity index (χ3v) is 5.56. The fourth-order valence-corrected chi connectivity index (χ4v) is 4.24. The van der Waals surface area contributed by atoms with Crippen LogP contribution in [0.25, 0.3) is 22.1 Å². The van der Waals surface area contributed by atoms with Gasteiger partial charge in [-0.25, -0.2) is 9.38 Å². The molecule has 26 heavy (non-hydrogen) atoms. The fourth-order valence-electron chi connectivity index (χ4n) is 2.74. The van der Waals surface area contributed by atoms with Crippen LogP contribution in [0.15, 0.2) is 51.7 Å². The monoisotopic (exact) mass is 428 g/mol. The van der Waals surface area contributed by atoms with E-state index in [4.69, 9.17) is 4.74 Å². The fraction of sp³-hybridized carbons (Fsp3) is 0.200. The van der Waals surface area contributed by atoms with E-state index >= 15 is 0 Å². The van der Waals surface area contributed by atoms with Crippen LogP contribution in [0.4, 0.5) is 0 Å². The van der Waals surface area contributed by atoms with E-state index in [-0.39, 0.29) is 5.56 Å². The third-order valence-electron chi connectivity index (χ3n) is 3.97. The molecule has 0 atom stereocenters. The molecule has 0 aliphatic carbocycles. The number of ether oxygens (including phenoxy) is 1. The molecule has 0 aliphatic heterocycles. The molecule has 0 spiro atoms. The van der Waals surface area contributed by atoms with Gasteiger partial charge in [0.25, 0.3) is 5.56 Å².